The van der Waals surface area contributed by atoms with Crippen LogP contribution in [0, 0.1) is 0 Å². The predicted octanol–water partition coefficient (Wildman–Crippen LogP) is 2.34. The molecule has 2 aliphatic rings. The molecule has 2 heterocycles. The Balaban J connectivity index is 1.63. The number of unbranched alkanes of at least 4 members (excludes halogenated alkanes) is 1. The fraction of sp³-hybridized carbons (Fsp3) is 0.706. The second-order valence-electron chi connectivity index (χ2n) is 6.66. The Morgan fingerprint density at radius 1 is 1.42 bits per heavy atom. The highest BCUT2D eigenvalue weighted by Gasteiger charge is 2.29. The molecule has 24 heavy (non-hydrogen) atoms. The van der Waals surface area contributed by atoms with Crippen LogP contribution in [0.4, 0.5) is 17.6 Å². The van der Waals surface area contributed by atoms with E-state index in [0.29, 0.717) is 19.1 Å². The van der Waals surface area contributed by atoms with Crippen LogP contribution in [-0.4, -0.2) is 41.2 Å². The third-order valence-corrected chi connectivity index (χ3v) is 4.49. The Hall–Kier alpha value is -2.05. The number of carbonyl (C=O) groups is 1. The maximum Gasteiger partial charge on any atom is 0.307 e. The van der Waals surface area contributed by atoms with Crippen molar-refractivity contribution < 1.29 is 9.53 Å². The first-order chi connectivity index (χ1) is 11.7. The first-order valence-electron chi connectivity index (χ1n) is 8.99. The zero-order valence-electron chi connectivity index (χ0n) is 14.3. The number of aromatic nitrogens is 2. The van der Waals surface area contributed by atoms with E-state index >= 15 is 0 Å². The molecule has 1 saturated carbocycles. The van der Waals surface area contributed by atoms with E-state index in [1.54, 1.807) is 0 Å². The summed E-state index contributed by atoms with van der Waals surface area (Å²) >= 11 is 0. The van der Waals surface area contributed by atoms with Gasteiger partial charge in [0.15, 0.2) is 0 Å². The van der Waals surface area contributed by atoms with Gasteiger partial charge in [-0.15, -0.1) is 0 Å². The lowest BCUT2D eigenvalue weighted by atomic mass is 10.1. The van der Waals surface area contributed by atoms with Crippen LogP contribution in [-0.2, 0) is 9.53 Å². The zero-order chi connectivity index (χ0) is 16.9. The second-order valence-corrected chi connectivity index (χ2v) is 6.66. The van der Waals surface area contributed by atoms with Crippen molar-refractivity contribution in [1.82, 2.24) is 9.97 Å². The molecular formula is C17H27N5O2. The zero-order valence-corrected chi connectivity index (χ0v) is 14.3. The number of hydrogen-bond donors (Lipinski definition) is 2. The van der Waals surface area contributed by atoms with E-state index in [1.807, 2.05) is 6.07 Å². The summed E-state index contributed by atoms with van der Waals surface area (Å²) in [5.74, 6) is 1.72. The molecule has 1 aromatic heterocycles. The molecule has 7 heteroatoms. The number of nitrogens with zero attached hydrogens (tertiary/aromatic N) is 3. The molecule has 0 aromatic carbocycles. The standard InChI is InChI=1S/C17H27N5O2/c1-2-3-9-24-16(23)10-13-5-4-8-22(13)15-11-14(19-12-6-7-12)20-17(18)21-15/h11-13H,2-10H2,1H3,(H3,18,19,20,21). The van der Waals surface area contributed by atoms with Gasteiger partial charge in [0.2, 0.25) is 5.95 Å². The third-order valence-electron chi connectivity index (χ3n) is 4.49. The van der Waals surface area contributed by atoms with Crippen LogP contribution in [0.3, 0.4) is 0 Å². The van der Waals surface area contributed by atoms with Crippen molar-refractivity contribution in [2.45, 2.75) is 64.0 Å². The average molecular weight is 333 g/mol. The van der Waals surface area contributed by atoms with Gasteiger partial charge in [-0.2, -0.15) is 9.97 Å². The molecule has 1 unspecified atom stereocenters. The maximum atomic E-state index is 12.0. The summed E-state index contributed by atoms with van der Waals surface area (Å²) in [4.78, 5) is 22.8. The molecule has 3 rings (SSSR count). The van der Waals surface area contributed by atoms with Gasteiger partial charge < -0.3 is 20.7 Å². The summed E-state index contributed by atoms with van der Waals surface area (Å²) in [5, 5.41) is 3.36. The molecule has 3 N–H and O–H groups in total. The Morgan fingerprint density at radius 3 is 3.00 bits per heavy atom. The largest absolute Gasteiger partial charge is 0.466 e. The lowest BCUT2D eigenvalue weighted by Gasteiger charge is -2.25. The molecule has 1 aromatic rings. The van der Waals surface area contributed by atoms with Crippen molar-refractivity contribution in [3.05, 3.63) is 6.07 Å². The van der Waals surface area contributed by atoms with Crippen molar-refractivity contribution in [2.24, 2.45) is 0 Å². The van der Waals surface area contributed by atoms with Crippen LogP contribution in [0.1, 0.15) is 51.9 Å². The molecule has 0 radical (unpaired) electrons. The van der Waals surface area contributed by atoms with E-state index in [0.717, 1.165) is 43.9 Å². The first kappa shape index (κ1) is 16.8. The minimum atomic E-state index is -0.126. The molecule has 1 aliphatic carbocycles. The van der Waals surface area contributed by atoms with Crippen molar-refractivity contribution in [3.8, 4) is 0 Å². The number of nitrogens with two attached hydrogens (primary N) is 1. The molecule has 7 nitrogen and oxygen atoms in total. The van der Waals surface area contributed by atoms with E-state index in [2.05, 4.69) is 27.1 Å². The van der Waals surface area contributed by atoms with Crippen molar-refractivity contribution in [1.29, 1.82) is 0 Å². The molecule has 1 aliphatic heterocycles. The molecule has 1 atom stereocenters. The van der Waals surface area contributed by atoms with Gasteiger partial charge in [-0.1, -0.05) is 13.3 Å². The van der Waals surface area contributed by atoms with E-state index in [1.165, 1.54) is 12.8 Å². The van der Waals surface area contributed by atoms with Crippen LogP contribution in [0.25, 0.3) is 0 Å². The summed E-state index contributed by atoms with van der Waals surface area (Å²) in [6, 6.07) is 2.58. The molecule has 1 saturated heterocycles. The molecule has 132 valence electrons. The van der Waals surface area contributed by atoms with E-state index in [9.17, 15) is 4.79 Å². The smallest absolute Gasteiger partial charge is 0.307 e. The Bertz CT molecular complexity index is 576. The van der Waals surface area contributed by atoms with Crippen LogP contribution < -0.4 is 16.0 Å². The fourth-order valence-corrected chi connectivity index (χ4v) is 3.04. The van der Waals surface area contributed by atoms with Crippen LogP contribution in [0.15, 0.2) is 6.07 Å². The normalized spacial score (nSPS) is 20.2. The van der Waals surface area contributed by atoms with Crippen LogP contribution >= 0.6 is 0 Å². The van der Waals surface area contributed by atoms with E-state index in [-0.39, 0.29) is 18.0 Å². The highest BCUT2D eigenvalue weighted by atomic mass is 16.5. The van der Waals surface area contributed by atoms with Gasteiger partial charge in [-0.25, -0.2) is 0 Å². The van der Waals surface area contributed by atoms with Gasteiger partial charge in [0, 0.05) is 24.7 Å². The van der Waals surface area contributed by atoms with Gasteiger partial charge in [0.1, 0.15) is 11.6 Å². The maximum absolute atomic E-state index is 12.0. The monoisotopic (exact) mass is 333 g/mol. The number of hydrogen-bond acceptors (Lipinski definition) is 7. The number of nitrogen functional groups attached to an aromatic ring is 1. The number of anilines is 3. The summed E-state index contributed by atoms with van der Waals surface area (Å²) in [6.45, 7) is 3.48. The van der Waals surface area contributed by atoms with E-state index < -0.39 is 0 Å². The van der Waals surface area contributed by atoms with E-state index in [4.69, 9.17) is 10.5 Å². The Kier molecular flexibility index (Phi) is 5.37. The molecule has 2 fully saturated rings. The highest BCUT2D eigenvalue weighted by molar-refractivity contribution is 5.71. The minimum Gasteiger partial charge on any atom is -0.466 e. The number of esters is 1. The Labute approximate surface area is 143 Å². The molecule has 0 amide bonds. The minimum absolute atomic E-state index is 0.126. The molecule has 0 bridgehead atoms. The quantitative estimate of drug-likeness (QED) is 0.557. The average Bonchev–Trinajstić information content (AvgIpc) is 3.22. The van der Waals surface area contributed by atoms with Gasteiger partial charge in [-0.05, 0) is 32.1 Å². The van der Waals surface area contributed by atoms with Crippen molar-refractivity contribution in [3.63, 3.8) is 0 Å². The fourth-order valence-electron chi connectivity index (χ4n) is 3.04. The first-order valence-corrected chi connectivity index (χ1v) is 8.99. The van der Waals surface area contributed by atoms with Gasteiger partial charge in [0.05, 0.1) is 13.0 Å². The summed E-state index contributed by atoms with van der Waals surface area (Å²) in [6.07, 6.45) is 6.71. The van der Waals surface area contributed by atoms with Crippen molar-refractivity contribution >= 4 is 23.6 Å². The predicted molar refractivity (Wildman–Crippen MR) is 93.9 cm³/mol. The number of nitrogens with one attached hydrogen (secondary N) is 1. The topological polar surface area (TPSA) is 93.4 Å². The lowest BCUT2D eigenvalue weighted by Crippen LogP contribution is -2.32. The third kappa shape index (κ3) is 4.49. The van der Waals surface area contributed by atoms with Gasteiger partial charge in [0.25, 0.3) is 0 Å². The molecular weight excluding hydrogens is 306 g/mol. The van der Waals surface area contributed by atoms with Gasteiger partial charge in [-0.3, -0.25) is 4.79 Å². The number of carbonyl (C=O) groups excluding carboxylic acids is 1. The summed E-state index contributed by atoms with van der Waals surface area (Å²) < 4.78 is 5.30. The number of ether oxygens (including phenoxy) is 1. The highest BCUT2D eigenvalue weighted by Crippen LogP contribution is 2.30. The summed E-state index contributed by atoms with van der Waals surface area (Å²) in [5.41, 5.74) is 5.87. The second kappa shape index (κ2) is 7.68. The number of rotatable bonds is 8. The Morgan fingerprint density at radius 2 is 2.25 bits per heavy atom. The van der Waals surface area contributed by atoms with Crippen molar-refractivity contribution in [2.75, 3.05) is 29.1 Å². The van der Waals surface area contributed by atoms with Crippen LogP contribution in [0.2, 0.25) is 0 Å². The summed E-state index contributed by atoms with van der Waals surface area (Å²) in [7, 11) is 0. The lowest BCUT2D eigenvalue weighted by molar-refractivity contribution is -0.144. The SMILES string of the molecule is CCCCOC(=O)CC1CCCN1c1cc(NC2CC2)nc(N)n1. The van der Waals surface area contributed by atoms with Crippen LogP contribution in [0.5, 0.6) is 0 Å². The van der Waals surface area contributed by atoms with Gasteiger partial charge >= 0.3 is 5.97 Å². The molecule has 0 spiro atoms.